The fraction of sp³-hybridized carbons (Fsp3) is 0.154. The van der Waals surface area contributed by atoms with E-state index in [1.165, 1.54) is 19.4 Å². The number of halogens is 1. The highest BCUT2D eigenvalue weighted by atomic mass is 32.2. The van der Waals surface area contributed by atoms with Gasteiger partial charge in [-0.3, -0.25) is 0 Å². The van der Waals surface area contributed by atoms with Crippen LogP contribution in [0.2, 0.25) is 0 Å². The van der Waals surface area contributed by atoms with Crippen LogP contribution in [0.3, 0.4) is 0 Å². The van der Waals surface area contributed by atoms with Gasteiger partial charge in [0, 0.05) is 24.5 Å². The zero-order chi connectivity index (χ0) is 15.5. The molecule has 3 N–H and O–H groups in total. The van der Waals surface area contributed by atoms with E-state index in [9.17, 15) is 12.8 Å². The molecule has 0 aliphatic rings. The Balaban J connectivity index is 2.17. The molecule has 2 rings (SSSR count). The van der Waals surface area contributed by atoms with Crippen LogP contribution in [-0.4, -0.2) is 20.5 Å². The summed E-state index contributed by atoms with van der Waals surface area (Å²) >= 11 is 0. The van der Waals surface area contributed by atoms with Crippen molar-refractivity contribution in [1.29, 1.82) is 0 Å². The van der Waals surface area contributed by atoms with E-state index in [1.807, 2.05) is 0 Å². The van der Waals surface area contributed by atoms with Crippen molar-refractivity contribution in [3.63, 3.8) is 0 Å². The number of anilines is 1. The van der Waals surface area contributed by atoms with Crippen LogP contribution in [0.4, 0.5) is 10.1 Å². The standard InChI is InChI=1S/C13H14FN3O3S/c1-20-13-6-9(4-5-16-13)8-17-21(18,19)12-3-2-10(15)7-11(12)14/h2-7,17H,8,15H2,1H3. The molecule has 0 aliphatic heterocycles. The Morgan fingerprint density at radius 1 is 1.33 bits per heavy atom. The van der Waals surface area contributed by atoms with Crippen molar-refractivity contribution in [1.82, 2.24) is 9.71 Å². The predicted octanol–water partition coefficient (Wildman–Crippen LogP) is 1.29. The normalized spacial score (nSPS) is 11.3. The number of nitrogen functional groups attached to an aromatic ring is 1. The number of sulfonamides is 1. The first kappa shape index (κ1) is 15.2. The van der Waals surface area contributed by atoms with Crippen molar-refractivity contribution in [3.8, 4) is 5.88 Å². The number of pyridine rings is 1. The van der Waals surface area contributed by atoms with Crippen LogP contribution in [0, 0.1) is 5.82 Å². The Morgan fingerprint density at radius 2 is 2.10 bits per heavy atom. The average molecular weight is 311 g/mol. The van der Waals surface area contributed by atoms with Gasteiger partial charge < -0.3 is 10.5 Å². The van der Waals surface area contributed by atoms with Crippen molar-refractivity contribution in [3.05, 3.63) is 47.9 Å². The molecule has 0 fully saturated rings. The summed E-state index contributed by atoms with van der Waals surface area (Å²) in [6.45, 7) is -0.00890. The number of methoxy groups -OCH3 is 1. The predicted molar refractivity (Wildman–Crippen MR) is 75.6 cm³/mol. The SMILES string of the molecule is COc1cc(CNS(=O)(=O)c2ccc(N)cc2F)ccn1. The molecule has 0 unspecified atom stereocenters. The second-order valence-electron chi connectivity index (χ2n) is 4.22. The maximum atomic E-state index is 13.7. The number of nitrogens with two attached hydrogens (primary N) is 1. The van der Waals surface area contributed by atoms with Crippen molar-refractivity contribution in [2.24, 2.45) is 0 Å². The summed E-state index contributed by atoms with van der Waals surface area (Å²) in [6, 6.07) is 6.63. The van der Waals surface area contributed by atoms with E-state index in [4.69, 9.17) is 10.5 Å². The first-order chi connectivity index (χ1) is 9.92. The Hall–Kier alpha value is -2.19. The molecule has 0 saturated carbocycles. The van der Waals surface area contributed by atoms with Crippen LogP contribution < -0.4 is 15.2 Å². The van der Waals surface area contributed by atoms with Gasteiger partial charge in [-0.2, -0.15) is 0 Å². The number of hydrogen-bond donors (Lipinski definition) is 2. The quantitative estimate of drug-likeness (QED) is 0.811. The third-order valence-corrected chi connectivity index (χ3v) is 4.15. The van der Waals surface area contributed by atoms with Gasteiger partial charge in [0.05, 0.1) is 7.11 Å². The highest BCUT2D eigenvalue weighted by molar-refractivity contribution is 7.89. The van der Waals surface area contributed by atoms with E-state index in [0.717, 1.165) is 12.1 Å². The molecule has 1 aromatic carbocycles. The van der Waals surface area contributed by atoms with Crippen LogP contribution in [0.5, 0.6) is 5.88 Å². The molecule has 6 nitrogen and oxygen atoms in total. The highest BCUT2D eigenvalue weighted by Crippen LogP contribution is 2.17. The van der Waals surface area contributed by atoms with Crippen molar-refractivity contribution in [2.45, 2.75) is 11.4 Å². The summed E-state index contributed by atoms with van der Waals surface area (Å²) < 4.78 is 45.0. The third-order valence-electron chi connectivity index (χ3n) is 2.72. The smallest absolute Gasteiger partial charge is 0.243 e. The minimum absolute atomic E-state index is 0.00890. The zero-order valence-electron chi connectivity index (χ0n) is 11.2. The lowest BCUT2D eigenvalue weighted by Gasteiger charge is -2.09. The van der Waals surface area contributed by atoms with E-state index in [0.29, 0.717) is 11.4 Å². The summed E-state index contributed by atoms with van der Waals surface area (Å²) in [5.41, 5.74) is 6.19. The molecule has 112 valence electrons. The summed E-state index contributed by atoms with van der Waals surface area (Å²) in [4.78, 5) is 3.46. The van der Waals surface area contributed by atoms with E-state index in [-0.39, 0.29) is 12.2 Å². The molecular formula is C13H14FN3O3S. The molecule has 0 amide bonds. The van der Waals surface area contributed by atoms with Crippen molar-refractivity contribution >= 4 is 15.7 Å². The second-order valence-corrected chi connectivity index (χ2v) is 5.96. The number of nitrogens with one attached hydrogen (secondary N) is 1. The van der Waals surface area contributed by atoms with Crippen LogP contribution in [-0.2, 0) is 16.6 Å². The van der Waals surface area contributed by atoms with Gasteiger partial charge in [0.2, 0.25) is 15.9 Å². The number of nitrogens with zero attached hydrogens (tertiary/aromatic N) is 1. The number of aromatic nitrogens is 1. The largest absolute Gasteiger partial charge is 0.481 e. The number of rotatable bonds is 5. The molecule has 0 bridgehead atoms. The molecule has 1 heterocycles. The van der Waals surface area contributed by atoms with Crippen LogP contribution in [0.25, 0.3) is 0 Å². The first-order valence-corrected chi connectivity index (χ1v) is 7.44. The molecule has 21 heavy (non-hydrogen) atoms. The number of benzene rings is 1. The van der Waals surface area contributed by atoms with Crippen molar-refractivity contribution < 1.29 is 17.5 Å². The van der Waals surface area contributed by atoms with Gasteiger partial charge >= 0.3 is 0 Å². The molecule has 0 radical (unpaired) electrons. The number of ether oxygens (including phenoxy) is 1. The maximum absolute atomic E-state index is 13.7. The minimum atomic E-state index is -3.97. The zero-order valence-corrected chi connectivity index (χ0v) is 12.0. The second kappa shape index (κ2) is 6.06. The van der Waals surface area contributed by atoms with Crippen LogP contribution in [0.15, 0.2) is 41.4 Å². The van der Waals surface area contributed by atoms with Gasteiger partial charge in [-0.15, -0.1) is 0 Å². The fourth-order valence-corrected chi connectivity index (χ4v) is 2.74. The molecule has 1 aromatic heterocycles. The lowest BCUT2D eigenvalue weighted by atomic mass is 10.3. The Kier molecular flexibility index (Phi) is 4.39. The van der Waals surface area contributed by atoms with Gasteiger partial charge in [0.15, 0.2) is 0 Å². The summed E-state index contributed by atoms with van der Waals surface area (Å²) in [5, 5.41) is 0. The average Bonchev–Trinajstić information content (AvgIpc) is 2.45. The molecule has 8 heteroatoms. The maximum Gasteiger partial charge on any atom is 0.243 e. The Morgan fingerprint density at radius 3 is 2.76 bits per heavy atom. The highest BCUT2D eigenvalue weighted by Gasteiger charge is 2.18. The molecule has 0 aliphatic carbocycles. The molecule has 2 aromatic rings. The number of hydrogen-bond acceptors (Lipinski definition) is 5. The van der Waals surface area contributed by atoms with Gasteiger partial charge in [-0.1, -0.05) is 0 Å². The molecule has 0 atom stereocenters. The summed E-state index contributed by atoms with van der Waals surface area (Å²) in [5.74, 6) is -0.528. The Labute approximate surface area is 121 Å². The molecule has 0 spiro atoms. The molecular weight excluding hydrogens is 297 g/mol. The summed E-state index contributed by atoms with van der Waals surface area (Å²) in [6.07, 6.45) is 1.49. The minimum Gasteiger partial charge on any atom is -0.481 e. The molecule has 0 saturated heterocycles. The van der Waals surface area contributed by atoms with E-state index < -0.39 is 20.7 Å². The fourth-order valence-electron chi connectivity index (χ4n) is 1.66. The van der Waals surface area contributed by atoms with Crippen LogP contribution >= 0.6 is 0 Å². The van der Waals surface area contributed by atoms with Crippen molar-refractivity contribution in [2.75, 3.05) is 12.8 Å². The van der Waals surface area contributed by atoms with Gasteiger partial charge in [-0.05, 0) is 29.8 Å². The Bertz CT molecular complexity index is 750. The topological polar surface area (TPSA) is 94.3 Å². The van der Waals surface area contributed by atoms with Crippen LogP contribution in [0.1, 0.15) is 5.56 Å². The summed E-state index contributed by atoms with van der Waals surface area (Å²) in [7, 11) is -2.51. The lowest BCUT2D eigenvalue weighted by Crippen LogP contribution is -2.24. The van der Waals surface area contributed by atoms with E-state index >= 15 is 0 Å². The third kappa shape index (κ3) is 3.67. The monoisotopic (exact) mass is 311 g/mol. The van der Waals surface area contributed by atoms with E-state index in [2.05, 4.69) is 9.71 Å². The van der Waals surface area contributed by atoms with Gasteiger partial charge in [0.25, 0.3) is 0 Å². The van der Waals surface area contributed by atoms with E-state index in [1.54, 1.807) is 12.1 Å². The van der Waals surface area contributed by atoms with Gasteiger partial charge in [-0.25, -0.2) is 22.5 Å². The van der Waals surface area contributed by atoms with Gasteiger partial charge in [0.1, 0.15) is 10.7 Å². The first-order valence-electron chi connectivity index (χ1n) is 5.96. The lowest BCUT2D eigenvalue weighted by molar-refractivity contribution is 0.397.